The first kappa shape index (κ1) is 20.5. The molecule has 0 saturated carbocycles. The first-order valence-corrected chi connectivity index (χ1v) is 10.8. The van der Waals surface area contributed by atoms with Crippen molar-refractivity contribution in [2.24, 2.45) is 4.99 Å². The molecule has 2 aliphatic rings. The molecule has 1 N–H and O–H groups in total. The molecule has 2 heterocycles. The summed E-state index contributed by atoms with van der Waals surface area (Å²) < 4.78 is 29.3. The van der Waals surface area contributed by atoms with Crippen LogP contribution in [0.25, 0.3) is 0 Å². The van der Waals surface area contributed by atoms with Crippen LogP contribution in [0.15, 0.2) is 4.99 Å². The summed E-state index contributed by atoms with van der Waals surface area (Å²) in [6, 6.07) is 0. The molecule has 7 nitrogen and oxygen atoms in total. The average molecular weight is 375 g/mol. The Morgan fingerprint density at radius 1 is 1.28 bits per heavy atom. The van der Waals surface area contributed by atoms with Crippen LogP contribution in [0, 0.1) is 0 Å². The Kier molecular flexibility index (Phi) is 6.38. The van der Waals surface area contributed by atoms with Crippen molar-refractivity contribution in [3.8, 4) is 0 Å². The van der Waals surface area contributed by atoms with E-state index in [1.54, 1.807) is 13.8 Å². The number of likely N-dealkylation sites (N-methyl/N-ethyl adjacent to an activating group) is 1. The number of guanidine groups is 1. The number of nitrogens with one attached hydrogen (secondary N) is 1. The van der Waals surface area contributed by atoms with Crippen molar-refractivity contribution in [3.63, 3.8) is 0 Å². The van der Waals surface area contributed by atoms with E-state index < -0.39 is 14.6 Å². The lowest BCUT2D eigenvalue weighted by Gasteiger charge is -2.43. The molecule has 0 aromatic carbocycles. The Balaban J connectivity index is 2.18. The van der Waals surface area contributed by atoms with Crippen molar-refractivity contribution < 1.29 is 13.2 Å². The zero-order valence-corrected chi connectivity index (χ0v) is 17.2. The quantitative estimate of drug-likeness (QED) is 0.573. The second kappa shape index (κ2) is 7.80. The van der Waals surface area contributed by atoms with E-state index in [9.17, 15) is 8.42 Å². The van der Waals surface area contributed by atoms with Gasteiger partial charge in [-0.05, 0) is 47.7 Å². The minimum absolute atomic E-state index is 0.0102. The van der Waals surface area contributed by atoms with Crippen LogP contribution >= 0.6 is 0 Å². The predicted molar refractivity (Wildman–Crippen MR) is 102 cm³/mol. The molecular weight excluding hydrogens is 340 g/mol. The Morgan fingerprint density at radius 2 is 1.92 bits per heavy atom. The minimum atomic E-state index is -3.05. The molecule has 2 rings (SSSR count). The second-order valence-electron chi connectivity index (χ2n) is 7.90. The standard InChI is InChI=1S/C17H34N4O3S/c1-6-18-15(21-9-12-25(22,23)16(2,3)14-21)19-13-17(20(4)5)7-10-24-11-8-17/h6-14H2,1-5H3,(H,18,19). The molecule has 8 heteroatoms. The van der Waals surface area contributed by atoms with E-state index in [0.717, 1.165) is 38.6 Å². The van der Waals surface area contributed by atoms with Crippen LogP contribution in [0.5, 0.6) is 0 Å². The summed E-state index contributed by atoms with van der Waals surface area (Å²) in [6.45, 7) is 9.59. The van der Waals surface area contributed by atoms with Crippen molar-refractivity contribution in [1.82, 2.24) is 15.1 Å². The van der Waals surface area contributed by atoms with Gasteiger partial charge in [0, 0.05) is 38.4 Å². The molecule has 25 heavy (non-hydrogen) atoms. The molecule has 0 atom stereocenters. The predicted octanol–water partition coefficient (Wildman–Crippen LogP) is 0.572. The average Bonchev–Trinajstić information content (AvgIpc) is 2.55. The van der Waals surface area contributed by atoms with Crippen molar-refractivity contribution in [2.45, 2.75) is 43.9 Å². The first-order chi connectivity index (χ1) is 11.6. The highest BCUT2D eigenvalue weighted by molar-refractivity contribution is 7.92. The van der Waals surface area contributed by atoms with Crippen molar-refractivity contribution >= 4 is 15.8 Å². The number of aliphatic imine (C=N–C) groups is 1. The van der Waals surface area contributed by atoms with Crippen molar-refractivity contribution in [1.29, 1.82) is 0 Å². The number of hydrogen-bond acceptors (Lipinski definition) is 5. The molecule has 2 fully saturated rings. The molecule has 2 saturated heterocycles. The zero-order chi connectivity index (χ0) is 18.7. The lowest BCUT2D eigenvalue weighted by molar-refractivity contribution is -0.00264. The summed E-state index contributed by atoms with van der Waals surface area (Å²) in [6.07, 6.45) is 1.92. The number of nitrogens with zero attached hydrogens (tertiary/aromatic N) is 3. The van der Waals surface area contributed by atoms with Gasteiger partial charge in [-0.15, -0.1) is 0 Å². The smallest absolute Gasteiger partial charge is 0.194 e. The Labute approximate surface area is 152 Å². The van der Waals surface area contributed by atoms with Crippen LogP contribution in [0.2, 0.25) is 0 Å². The minimum Gasteiger partial charge on any atom is -0.381 e. The highest BCUT2D eigenvalue weighted by Gasteiger charge is 2.41. The number of sulfone groups is 1. The molecule has 0 unspecified atom stereocenters. The normalized spacial score (nSPS) is 25.8. The fraction of sp³-hybridized carbons (Fsp3) is 0.941. The molecule has 0 spiro atoms. The van der Waals surface area contributed by atoms with Crippen molar-refractivity contribution in [2.75, 3.05) is 59.2 Å². The maximum Gasteiger partial charge on any atom is 0.194 e. The molecule has 0 aromatic heterocycles. The van der Waals surface area contributed by atoms with Gasteiger partial charge < -0.3 is 19.9 Å². The van der Waals surface area contributed by atoms with Crippen molar-refractivity contribution in [3.05, 3.63) is 0 Å². The molecule has 146 valence electrons. The number of rotatable bonds is 4. The van der Waals surface area contributed by atoms with Crippen LogP contribution in [-0.2, 0) is 14.6 Å². The highest BCUT2D eigenvalue weighted by Crippen LogP contribution is 2.27. The van der Waals surface area contributed by atoms with Crippen LogP contribution in [0.3, 0.4) is 0 Å². The Bertz CT molecular complexity index is 581. The van der Waals surface area contributed by atoms with Crippen LogP contribution < -0.4 is 5.32 Å². The van der Waals surface area contributed by atoms with E-state index in [0.29, 0.717) is 19.6 Å². The SMILES string of the molecule is CCNC(=NCC1(N(C)C)CCOCC1)N1CCS(=O)(=O)C(C)(C)C1. The number of hydrogen-bond donors (Lipinski definition) is 1. The summed E-state index contributed by atoms with van der Waals surface area (Å²) in [4.78, 5) is 9.25. The summed E-state index contributed by atoms with van der Waals surface area (Å²) in [5, 5.41) is 3.34. The fourth-order valence-electron chi connectivity index (χ4n) is 3.47. The van der Waals surface area contributed by atoms with Gasteiger partial charge >= 0.3 is 0 Å². The van der Waals surface area contributed by atoms with Gasteiger partial charge in [0.2, 0.25) is 0 Å². The van der Waals surface area contributed by atoms with Gasteiger partial charge in [-0.1, -0.05) is 0 Å². The maximum atomic E-state index is 12.3. The largest absolute Gasteiger partial charge is 0.381 e. The van der Waals surface area contributed by atoms with Crippen LogP contribution in [0.1, 0.15) is 33.6 Å². The van der Waals surface area contributed by atoms with Crippen LogP contribution in [-0.4, -0.2) is 93.7 Å². The summed E-state index contributed by atoms with van der Waals surface area (Å²) in [5.41, 5.74) is 0.0102. The Hall–Kier alpha value is -0.860. The third-order valence-corrected chi connectivity index (χ3v) is 8.11. The van der Waals surface area contributed by atoms with Gasteiger partial charge in [0.15, 0.2) is 15.8 Å². The van der Waals surface area contributed by atoms with E-state index in [4.69, 9.17) is 9.73 Å². The third-order valence-electron chi connectivity index (χ3n) is 5.57. The lowest BCUT2D eigenvalue weighted by atomic mass is 9.89. The zero-order valence-electron chi connectivity index (χ0n) is 16.3. The molecule has 0 amide bonds. The topological polar surface area (TPSA) is 74.2 Å². The fourth-order valence-corrected chi connectivity index (χ4v) is 4.84. The molecule has 2 aliphatic heterocycles. The summed E-state index contributed by atoms with van der Waals surface area (Å²) in [7, 11) is 1.15. The molecular formula is C17H34N4O3S. The van der Waals surface area contributed by atoms with E-state index in [-0.39, 0.29) is 11.3 Å². The van der Waals surface area contributed by atoms with Crippen LogP contribution in [0.4, 0.5) is 0 Å². The van der Waals surface area contributed by atoms with E-state index in [1.807, 2.05) is 6.92 Å². The number of ether oxygens (including phenoxy) is 1. The molecule has 0 aromatic rings. The summed E-state index contributed by atoms with van der Waals surface area (Å²) in [5.74, 6) is 0.995. The first-order valence-electron chi connectivity index (χ1n) is 9.14. The lowest BCUT2D eigenvalue weighted by Crippen LogP contribution is -2.58. The van der Waals surface area contributed by atoms with E-state index >= 15 is 0 Å². The maximum absolute atomic E-state index is 12.3. The molecule has 0 radical (unpaired) electrons. The van der Waals surface area contributed by atoms with Gasteiger partial charge in [-0.25, -0.2) is 8.42 Å². The molecule has 0 aliphatic carbocycles. The third kappa shape index (κ3) is 4.46. The highest BCUT2D eigenvalue weighted by atomic mass is 32.2. The molecule has 0 bridgehead atoms. The Morgan fingerprint density at radius 3 is 2.44 bits per heavy atom. The van der Waals surface area contributed by atoms with Gasteiger partial charge in [-0.3, -0.25) is 4.99 Å². The summed E-state index contributed by atoms with van der Waals surface area (Å²) >= 11 is 0. The van der Waals surface area contributed by atoms with Gasteiger partial charge in [0.05, 0.1) is 17.0 Å². The van der Waals surface area contributed by atoms with Gasteiger partial charge in [0.1, 0.15) is 0 Å². The monoisotopic (exact) mass is 374 g/mol. The van der Waals surface area contributed by atoms with E-state index in [2.05, 4.69) is 29.2 Å². The van der Waals surface area contributed by atoms with Gasteiger partial charge in [-0.2, -0.15) is 0 Å². The van der Waals surface area contributed by atoms with E-state index in [1.165, 1.54) is 0 Å². The van der Waals surface area contributed by atoms with Gasteiger partial charge in [0.25, 0.3) is 0 Å². The second-order valence-corrected chi connectivity index (χ2v) is 10.6.